The van der Waals surface area contributed by atoms with Gasteiger partial charge in [-0.05, 0) is 17.7 Å². The van der Waals surface area contributed by atoms with Crippen LogP contribution in [-0.2, 0) is 15.7 Å². The largest absolute Gasteiger partial charge is 0.416 e. The molecule has 1 aromatic rings. The molecule has 0 radical (unpaired) electrons. The number of alkyl halides is 3. The van der Waals surface area contributed by atoms with Crippen LogP contribution in [0.3, 0.4) is 0 Å². The summed E-state index contributed by atoms with van der Waals surface area (Å²) in [4.78, 5) is 17.8. The third kappa shape index (κ3) is 6.12. The molecule has 0 aliphatic carbocycles. The molecule has 0 spiro atoms. The molecule has 0 saturated carbocycles. The number of aliphatic imine (C=N–C) groups is 1. The number of halogens is 3. The highest BCUT2D eigenvalue weighted by Crippen LogP contribution is 2.32. The van der Waals surface area contributed by atoms with Crippen molar-refractivity contribution in [1.29, 1.82) is 0 Å². The Kier molecular flexibility index (Phi) is 7.68. The molecular formula is C19H27F3N4O2. The highest BCUT2D eigenvalue weighted by Gasteiger charge is 2.32. The Morgan fingerprint density at radius 3 is 2.68 bits per heavy atom. The Bertz CT molecular complexity index is 692. The van der Waals surface area contributed by atoms with E-state index < -0.39 is 17.8 Å². The van der Waals surface area contributed by atoms with Crippen molar-refractivity contribution >= 4 is 11.9 Å². The molecule has 1 aromatic carbocycles. The molecule has 156 valence electrons. The van der Waals surface area contributed by atoms with E-state index in [0.717, 1.165) is 12.1 Å². The first-order valence-corrected chi connectivity index (χ1v) is 9.24. The number of carbonyl (C=O) groups is 1. The number of nitrogens with one attached hydrogen (secondary N) is 2. The van der Waals surface area contributed by atoms with Gasteiger partial charge in [-0.2, -0.15) is 13.2 Å². The third-order valence-electron chi connectivity index (χ3n) is 4.40. The van der Waals surface area contributed by atoms with Crippen LogP contribution in [0.25, 0.3) is 0 Å². The zero-order valence-electron chi connectivity index (χ0n) is 16.3. The summed E-state index contributed by atoms with van der Waals surface area (Å²) in [6.07, 6.45) is -4.86. The van der Waals surface area contributed by atoms with Crippen molar-refractivity contribution in [3.63, 3.8) is 0 Å². The predicted molar refractivity (Wildman–Crippen MR) is 101 cm³/mol. The van der Waals surface area contributed by atoms with Gasteiger partial charge in [0.2, 0.25) is 5.91 Å². The fraction of sp³-hybridized carbons (Fsp3) is 0.579. The summed E-state index contributed by atoms with van der Waals surface area (Å²) in [6, 6.07) is 5.22. The van der Waals surface area contributed by atoms with Gasteiger partial charge in [-0.1, -0.05) is 26.0 Å². The van der Waals surface area contributed by atoms with E-state index in [9.17, 15) is 18.0 Å². The molecular weight excluding hydrogens is 373 g/mol. The summed E-state index contributed by atoms with van der Waals surface area (Å²) in [5.41, 5.74) is -0.201. The summed E-state index contributed by atoms with van der Waals surface area (Å²) < 4.78 is 44.6. The van der Waals surface area contributed by atoms with Gasteiger partial charge in [-0.25, -0.2) is 0 Å². The fourth-order valence-electron chi connectivity index (χ4n) is 2.85. The van der Waals surface area contributed by atoms with Crippen LogP contribution >= 0.6 is 0 Å². The van der Waals surface area contributed by atoms with Crippen LogP contribution in [0.2, 0.25) is 0 Å². The van der Waals surface area contributed by atoms with E-state index in [0.29, 0.717) is 44.3 Å². The lowest BCUT2D eigenvalue weighted by Crippen LogP contribution is -2.49. The lowest BCUT2D eigenvalue weighted by atomic mass is 10.0. The standard InChI is InChI=1S/C19H27F3N4O2/c1-13(2)17(27)24-7-8-25-18(23-3)26-9-10-28-16(12-26)14-5-4-6-15(11-14)19(20,21)22/h4-6,11,13,16H,7-10,12H2,1-3H3,(H,23,25)(H,24,27). The molecule has 1 amide bonds. The molecule has 1 aliphatic rings. The van der Waals surface area contributed by atoms with E-state index in [-0.39, 0.29) is 11.8 Å². The monoisotopic (exact) mass is 400 g/mol. The molecule has 9 heteroatoms. The Labute approximate surface area is 163 Å². The van der Waals surface area contributed by atoms with Gasteiger partial charge >= 0.3 is 6.18 Å². The zero-order chi connectivity index (χ0) is 20.7. The van der Waals surface area contributed by atoms with Gasteiger partial charge < -0.3 is 20.3 Å². The molecule has 0 bridgehead atoms. The topological polar surface area (TPSA) is 66.0 Å². The second-order valence-corrected chi connectivity index (χ2v) is 6.85. The van der Waals surface area contributed by atoms with Gasteiger partial charge in [0.25, 0.3) is 0 Å². The van der Waals surface area contributed by atoms with E-state index in [2.05, 4.69) is 15.6 Å². The smallest absolute Gasteiger partial charge is 0.370 e. The number of morpholine rings is 1. The summed E-state index contributed by atoms with van der Waals surface area (Å²) >= 11 is 0. The average molecular weight is 400 g/mol. The summed E-state index contributed by atoms with van der Waals surface area (Å²) in [5.74, 6) is 0.526. The zero-order valence-corrected chi connectivity index (χ0v) is 16.3. The molecule has 1 heterocycles. The minimum atomic E-state index is -4.39. The first-order valence-electron chi connectivity index (χ1n) is 9.24. The van der Waals surface area contributed by atoms with Crippen LogP contribution in [0.15, 0.2) is 29.3 Å². The van der Waals surface area contributed by atoms with Crippen molar-refractivity contribution in [3.8, 4) is 0 Å². The Morgan fingerprint density at radius 1 is 1.32 bits per heavy atom. The number of guanidine groups is 1. The van der Waals surface area contributed by atoms with Crippen LogP contribution in [-0.4, -0.2) is 56.6 Å². The fourth-order valence-corrected chi connectivity index (χ4v) is 2.85. The maximum atomic E-state index is 13.0. The Hall–Kier alpha value is -2.29. The van der Waals surface area contributed by atoms with E-state index in [4.69, 9.17) is 4.74 Å². The number of ether oxygens (including phenoxy) is 1. The van der Waals surface area contributed by atoms with E-state index >= 15 is 0 Å². The number of benzene rings is 1. The van der Waals surface area contributed by atoms with Crippen LogP contribution in [0, 0.1) is 5.92 Å². The molecule has 1 unspecified atom stereocenters. The SMILES string of the molecule is CN=C(NCCNC(=O)C(C)C)N1CCOC(c2cccc(C(F)(F)F)c2)C1. The summed E-state index contributed by atoms with van der Waals surface area (Å²) in [5, 5.41) is 5.98. The summed E-state index contributed by atoms with van der Waals surface area (Å²) in [7, 11) is 1.64. The van der Waals surface area contributed by atoms with Crippen molar-refractivity contribution < 1.29 is 22.7 Å². The molecule has 2 N–H and O–H groups in total. The van der Waals surface area contributed by atoms with Crippen molar-refractivity contribution in [2.24, 2.45) is 10.9 Å². The second-order valence-electron chi connectivity index (χ2n) is 6.85. The number of hydrogen-bond acceptors (Lipinski definition) is 3. The van der Waals surface area contributed by atoms with Crippen LogP contribution in [0.5, 0.6) is 0 Å². The highest BCUT2D eigenvalue weighted by molar-refractivity contribution is 5.80. The Morgan fingerprint density at radius 2 is 2.04 bits per heavy atom. The van der Waals surface area contributed by atoms with Crippen molar-refractivity contribution in [2.45, 2.75) is 26.1 Å². The minimum absolute atomic E-state index is 0.0206. The molecule has 28 heavy (non-hydrogen) atoms. The molecule has 6 nitrogen and oxygen atoms in total. The molecule has 2 rings (SSSR count). The van der Waals surface area contributed by atoms with Crippen LogP contribution < -0.4 is 10.6 Å². The molecule has 1 aliphatic heterocycles. The highest BCUT2D eigenvalue weighted by atomic mass is 19.4. The summed E-state index contributed by atoms with van der Waals surface area (Å²) in [6.45, 7) is 5.94. The number of carbonyl (C=O) groups excluding carboxylic acids is 1. The average Bonchev–Trinajstić information content (AvgIpc) is 2.67. The van der Waals surface area contributed by atoms with Crippen LogP contribution in [0.1, 0.15) is 31.1 Å². The lowest BCUT2D eigenvalue weighted by Gasteiger charge is -2.35. The molecule has 0 aromatic heterocycles. The normalized spacial score (nSPS) is 18.3. The maximum Gasteiger partial charge on any atom is 0.416 e. The van der Waals surface area contributed by atoms with Crippen molar-refractivity contribution in [1.82, 2.24) is 15.5 Å². The molecule has 1 atom stereocenters. The van der Waals surface area contributed by atoms with Gasteiger partial charge in [-0.15, -0.1) is 0 Å². The minimum Gasteiger partial charge on any atom is -0.370 e. The van der Waals surface area contributed by atoms with E-state index in [1.807, 2.05) is 18.7 Å². The Balaban J connectivity index is 1.95. The van der Waals surface area contributed by atoms with Crippen molar-refractivity contribution in [2.75, 3.05) is 39.8 Å². The second kappa shape index (κ2) is 9.77. The van der Waals surface area contributed by atoms with Crippen molar-refractivity contribution in [3.05, 3.63) is 35.4 Å². The number of amides is 1. The van der Waals surface area contributed by atoms with Gasteiger partial charge in [0.05, 0.1) is 18.7 Å². The number of hydrogen-bond donors (Lipinski definition) is 2. The maximum absolute atomic E-state index is 13.0. The number of rotatable bonds is 5. The predicted octanol–water partition coefficient (Wildman–Crippen LogP) is 2.43. The quantitative estimate of drug-likeness (QED) is 0.453. The van der Waals surface area contributed by atoms with Gasteiger partial charge in [0.1, 0.15) is 6.10 Å². The van der Waals surface area contributed by atoms with E-state index in [1.165, 1.54) is 6.07 Å². The molecule has 1 fully saturated rings. The van der Waals surface area contributed by atoms with Gasteiger partial charge in [0.15, 0.2) is 5.96 Å². The first-order chi connectivity index (χ1) is 13.2. The van der Waals surface area contributed by atoms with Gasteiger partial charge in [0, 0.05) is 32.6 Å². The van der Waals surface area contributed by atoms with Crippen LogP contribution in [0.4, 0.5) is 13.2 Å². The van der Waals surface area contributed by atoms with Gasteiger partial charge in [-0.3, -0.25) is 9.79 Å². The third-order valence-corrected chi connectivity index (χ3v) is 4.40. The number of nitrogens with zero attached hydrogens (tertiary/aromatic N) is 2. The lowest BCUT2D eigenvalue weighted by molar-refractivity contribution is -0.137. The van der Waals surface area contributed by atoms with E-state index in [1.54, 1.807) is 13.1 Å². The first kappa shape index (κ1) is 22.0. The molecule has 1 saturated heterocycles.